The summed E-state index contributed by atoms with van der Waals surface area (Å²) in [7, 11) is 0. The molecule has 0 radical (unpaired) electrons. The summed E-state index contributed by atoms with van der Waals surface area (Å²) in [5, 5.41) is 10.1. The predicted molar refractivity (Wildman–Crippen MR) is 90.3 cm³/mol. The van der Waals surface area contributed by atoms with Crippen LogP contribution >= 0.6 is 23.4 Å². The first-order chi connectivity index (χ1) is 11.1. The lowest BCUT2D eigenvalue weighted by Gasteiger charge is -2.07. The van der Waals surface area contributed by atoms with Gasteiger partial charge in [-0.3, -0.25) is 10.2 Å². The number of nitrogens with one attached hydrogen (secondary N) is 1. The molecule has 3 N–H and O–H groups in total. The molecule has 23 heavy (non-hydrogen) atoms. The number of thioether (sulfide) groups is 1. The smallest absolute Gasteiger partial charge is 0.244 e. The first-order valence-electron chi connectivity index (χ1n) is 7.44. The van der Waals surface area contributed by atoms with Gasteiger partial charge in [0.2, 0.25) is 5.91 Å². The van der Waals surface area contributed by atoms with Crippen LogP contribution in [0.3, 0.4) is 0 Å². The molecule has 1 aromatic heterocycles. The van der Waals surface area contributed by atoms with Crippen LogP contribution in [0.25, 0.3) is 0 Å². The van der Waals surface area contributed by atoms with Crippen molar-refractivity contribution in [2.24, 2.45) is 5.84 Å². The Kier molecular flexibility index (Phi) is 4.89. The average molecular weight is 352 g/mol. The van der Waals surface area contributed by atoms with Crippen molar-refractivity contribution in [3.8, 4) is 0 Å². The van der Waals surface area contributed by atoms with Crippen molar-refractivity contribution in [2.75, 3.05) is 5.75 Å². The molecule has 0 bridgehead atoms. The molecule has 1 aliphatic carbocycles. The molecule has 0 spiro atoms. The van der Waals surface area contributed by atoms with Gasteiger partial charge in [-0.15, -0.1) is 10.2 Å². The van der Waals surface area contributed by atoms with Crippen LogP contribution in [0.4, 0.5) is 0 Å². The lowest BCUT2D eigenvalue weighted by atomic mass is 10.1. The Morgan fingerprint density at radius 3 is 2.78 bits per heavy atom. The van der Waals surface area contributed by atoms with E-state index in [1.165, 1.54) is 17.3 Å². The number of carbonyl (C=O) groups is 1. The molecule has 6 nitrogen and oxygen atoms in total. The van der Waals surface area contributed by atoms with E-state index in [0.717, 1.165) is 29.0 Å². The number of rotatable bonds is 6. The van der Waals surface area contributed by atoms with Gasteiger partial charge in [0.25, 0.3) is 0 Å². The molecule has 2 atom stereocenters. The molecule has 1 fully saturated rings. The van der Waals surface area contributed by atoms with E-state index in [9.17, 15) is 4.79 Å². The lowest BCUT2D eigenvalue weighted by molar-refractivity contribution is -0.118. The maximum atomic E-state index is 11.3. The Balaban J connectivity index is 1.73. The van der Waals surface area contributed by atoms with E-state index in [0.29, 0.717) is 11.8 Å². The minimum Gasteiger partial charge on any atom is -0.306 e. The van der Waals surface area contributed by atoms with Crippen LogP contribution in [0.15, 0.2) is 29.4 Å². The zero-order valence-corrected chi connectivity index (χ0v) is 14.3. The Morgan fingerprint density at radius 2 is 2.13 bits per heavy atom. The molecular formula is C15H18ClN5OS. The molecule has 0 unspecified atom stereocenters. The fourth-order valence-electron chi connectivity index (χ4n) is 2.71. The van der Waals surface area contributed by atoms with Gasteiger partial charge in [0.1, 0.15) is 5.82 Å². The van der Waals surface area contributed by atoms with E-state index in [4.69, 9.17) is 17.4 Å². The van der Waals surface area contributed by atoms with Crippen molar-refractivity contribution in [1.82, 2.24) is 20.2 Å². The van der Waals surface area contributed by atoms with Gasteiger partial charge in [-0.2, -0.15) is 0 Å². The predicted octanol–water partition coefficient (Wildman–Crippen LogP) is 2.30. The van der Waals surface area contributed by atoms with Crippen molar-refractivity contribution in [3.63, 3.8) is 0 Å². The Morgan fingerprint density at radius 1 is 1.39 bits per heavy atom. The van der Waals surface area contributed by atoms with Crippen LogP contribution in [-0.4, -0.2) is 26.4 Å². The average Bonchev–Trinajstić information content (AvgIpc) is 3.25. The van der Waals surface area contributed by atoms with Crippen LogP contribution in [0.5, 0.6) is 0 Å². The summed E-state index contributed by atoms with van der Waals surface area (Å²) in [4.78, 5) is 11.3. The molecule has 2 aromatic rings. The van der Waals surface area contributed by atoms with Gasteiger partial charge >= 0.3 is 0 Å². The molecule has 1 saturated carbocycles. The molecule has 3 rings (SSSR count). The Labute approximate surface area is 143 Å². The largest absolute Gasteiger partial charge is 0.306 e. The highest BCUT2D eigenvalue weighted by atomic mass is 35.5. The third kappa shape index (κ3) is 3.52. The van der Waals surface area contributed by atoms with Crippen LogP contribution in [0.1, 0.15) is 36.6 Å². The molecule has 0 saturated heterocycles. The van der Waals surface area contributed by atoms with Gasteiger partial charge in [0.05, 0.1) is 5.75 Å². The lowest BCUT2D eigenvalue weighted by Crippen LogP contribution is -2.31. The molecule has 0 aliphatic heterocycles. The molecule has 1 aromatic carbocycles. The number of carbonyl (C=O) groups excluding carboxylic acids is 1. The number of aromatic nitrogens is 3. The molecular weight excluding hydrogens is 334 g/mol. The quantitative estimate of drug-likeness (QED) is 0.361. The summed E-state index contributed by atoms with van der Waals surface area (Å²) in [6.07, 6.45) is 1.06. The second-order valence-electron chi connectivity index (χ2n) is 5.44. The van der Waals surface area contributed by atoms with E-state index >= 15 is 0 Å². The number of hydrazine groups is 1. The molecule has 1 amide bonds. The Bertz CT molecular complexity index is 702. The van der Waals surface area contributed by atoms with Gasteiger partial charge in [0.15, 0.2) is 5.16 Å². The maximum absolute atomic E-state index is 11.3. The van der Waals surface area contributed by atoms with Crippen LogP contribution in [0, 0.1) is 0 Å². The third-order valence-corrected chi connectivity index (χ3v) is 5.19. The van der Waals surface area contributed by atoms with E-state index in [1.54, 1.807) is 0 Å². The first-order valence-corrected chi connectivity index (χ1v) is 8.81. The number of halogens is 1. The van der Waals surface area contributed by atoms with Gasteiger partial charge in [-0.25, -0.2) is 5.84 Å². The SMILES string of the molecule is CCn1c(SCC(=O)NN)nnc1[C@H]1C[C@@H]1c1ccc(Cl)cc1. The minimum absolute atomic E-state index is 0.229. The summed E-state index contributed by atoms with van der Waals surface area (Å²) in [6, 6.07) is 7.98. The van der Waals surface area contributed by atoms with Crippen molar-refractivity contribution >= 4 is 29.3 Å². The summed E-state index contributed by atoms with van der Waals surface area (Å²) >= 11 is 7.29. The number of hydrogen-bond acceptors (Lipinski definition) is 5. The minimum atomic E-state index is -0.229. The van der Waals surface area contributed by atoms with Gasteiger partial charge in [0, 0.05) is 17.5 Å². The molecule has 8 heteroatoms. The van der Waals surface area contributed by atoms with Crippen LogP contribution < -0.4 is 11.3 Å². The van der Waals surface area contributed by atoms with Crippen molar-refractivity contribution in [1.29, 1.82) is 0 Å². The molecule has 122 valence electrons. The topological polar surface area (TPSA) is 85.8 Å². The fraction of sp³-hybridized carbons (Fsp3) is 0.400. The van der Waals surface area contributed by atoms with Crippen molar-refractivity contribution in [2.45, 2.75) is 36.9 Å². The monoisotopic (exact) mass is 351 g/mol. The summed E-state index contributed by atoms with van der Waals surface area (Å²) in [5.41, 5.74) is 3.40. The normalized spacial score (nSPS) is 19.6. The fourth-order valence-corrected chi connectivity index (χ4v) is 3.66. The molecule has 1 heterocycles. The molecule has 1 aliphatic rings. The number of nitrogens with zero attached hydrogens (tertiary/aromatic N) is 3. The number of benzene rings is 1. The first kappa shape index (κ1) is 16.3. The number of hydrogen-bond donors (Lipinski definition) is 2. The van der Waals surface area contributed by atoms with Crippen molar-refractivity contribution in [3.05, 3.63) is 40.7 Å². The third-order valence-electron chi connectivity index (χ3n) is 3.98. The summed E-state index contributed by atoms with van der Waals surface area (Å²) < 4.78 is 2.08. The van der Waals surface area contributed by atoms with E-state index in [2.05, 4.69) is 39.2 Å². The highest BCUT2D eigenvalue weighted by Gasteiger charge is 2.43. The number of nitrogens with two attached hydrogens (primary N) is 1. The second kappa shape index (κ2) is 6.90. The highest BCUT2D eigenvalue weighted by molar-refractivity contribution is 7.99. The van der Waals surface area contributed by atoms with Crippen LogP contribution in [-0.2, 0) is 11.3 Å². The summed E-state index contributed by atoms with van der Waals surface area (Å²) in [6.45, 7) is 2.83. The standard InChI is InChI=1S/C15H18ClN5OS/c1-2-21-14(19-20-15(21)23-8-13(22)18-17)12-7-11(12)9-3-5-10(16)6-4-9/h3-6,11-12H,2,7-8,17H2,1H3,(H,18,22)/t11-,12+/m1/s1. The van der Waals surface area contributed by atoms with E-state index in [1.807, 2.05) is 12.1 Å². The maximum Gasteiger partial charge on any atom is 0.244 e. The number of amides is 1. The summed E-state index contributed by atoms with van der Waals surface area (Å²) in [5.74, 6) is 6.94. The van der Waals surface area contributed by atoms with Gasteiger partial charge < -0.3 is 4.57 Å². The second-order valence-corrected chi connectivity index (χ2v) is 6.82. The van der Waals surface area contributed by atoms with Gasteiger partial charge in [-0.05, 0) is 37.0 Å². The van der Waals surface area contributed by atoms with Crippen molar-refractivity contribution < 1.29 is 4.79 Å². The zero-order valence-electron chi connectivity index (χ0n) is 12.7. The zero-order chi connectivity index (χ0) is 16.4. The van der Waals surface area contributed by atoms with Gasteiger partial charge in [-0.1, -0.05) is 35.5 Å². The van der Waals surface area contributed by atoms with Crippen LogP contribution in [0.2, 0.25) is 5.02 Å². The highest BCUT2D eigenvalue weighted by Crippen LogP contribution is 2.54. The van der Waals surface area contributed by atoms with E-state index < -0.39 is 0 Å². The Hall–Kier alpha value is -1.57. The van der Waals surface area contributed by atoms with E-state index in [-0.39, 0.29) is 11.7 Å².